The van der Waals surface area contributed by atoms with E-state index in [1.54, 1.807) is 11.0 Å². The number of para-hydroxylation sites is 1. The predicted octanol–water partition coefficient (Wildman–Crippen LogP) is 3.91. The lowest BCUT2D eigenvalue weighted by atomic mass is 9.74. The van der Waals surface area contributed by atoms with Gasteiger partial charge in [-0.2, -0.15) is 0 Å². The molecule has 1 aliphatic carbocycles. The Balaban J connectivity index is 1.40. The molecule has 1 amide bonds. The molecule has 3 atom stereocenters. The number of ether oxygens (including phenoxy) is 3. The van der Waals surface area contributed by atoms with Crippen LogP contribution in [0.4, 0.5) is 10.1 Å². The number of benzene rings is 1. The van der Waals surface area contributed by atoms with Crippen molar-refractivity contribution in [3.05, 3.63) is 53.1 Å². The molecule has 3 heterocycles. The zero-order valence-electron chi connectivity index (χ0n) is 19.7. The standard InChI is InChI=1S/C26H33FN2O4/c1-4-10-28(17(2)3)11-5-6-12-29-24-18(8-7-9-20(24)27)26(25(29)30)15-31-21-14-23-22(13-19(21)26)32-16-33-23/h7-9,13-14,17,22-23H,4-6,10-12,15-16H2,1-3H3. The lowest BCUT2D eigenvalue weighted by Gasteiger charge is -2.27. The number of halogens is 1. The lowest BCUT2D eigenvalue weighted by Crippen LogP contribution is -2.43. The largest absolute Gasteiger partial charge is 0.492 e. The summed E-state index contributed by atoms with van der Waals surface area (Å²) in [5.74, 6) is 0.183. The van der Waals surface area contributed by atoms with E-state index in [2.05, 4.69) is 25.7 Å². The van der Waals surface area contributed by atoms with Crippen molar-refractivity contribution in [3.8, 4) is 0 Å². The van der Waals surface area contributed by atoms with Crippen LogP contribution in [0.25, 0.3) is 0 Å². The van der Waals surface area contributed by atoms with Gasteiger partial charge in [0, 0.05) is 23.7 Å². The summed E-state index contributed by atoms with van der Waals surface area (Å²) in [6, 6.07) is 5.47. The minimum atomic E-state index is -1.02. The van der Waals surface area contributed by atoms with E-state index in [4.69, 9.17) is 14.2 Å². The number of hydrogen-bond donors (Lipinski definition) is 0. The molecule has 3 aliphatic heterocycles. The van der Waals surface area contributed by atoms with Gasteiger partial charge in [-0.05, 0) is 64.4 Å². The average Bonchev–Trinajstić information content (AvgIpc) is 3.47. The highest BCUT2D eigenvalue weighted by molar-refractivity contribution is 6.11. The van der Waals surface area contributed by atoms with Crippen molar-refractivity contribution in [2.45, 2.75) is 63.7 Å². The monoisotopic (exact) mass is 456 g/mol. The number of nitrogens with zero attached hydrogens (tertiary/aromatic N) is 2. The van der Waals surface area contributed by atoms with Crippen LogP contribution in [-0.2, 0) is 24.4 Å². The van der Waals surface area contributed by atoms with Crippen molar-refractivity contribution >= 4 is 11.6 Å². The first-order chi connectivity index (χ1) is 16.0. The van der Waals surface area contributed by atoms with Crippen LogP contribution in [-0.4, -0.2) is 62.1 Å². The number of anilines is 1. The van der Waals surface area contributed by atoms with Crippen LogP contribution in [0.5, 0.6) is 0 Å². The fourth-order valence-electron chi connectivity index (χ4n) is 5.59. The Bertz CT molecular complexity index is 991. The summed E-state index contributed by atoms with van der Waals surface area (Å²) in [5, 5.41) is 0. The van der Waals surface area contributed by atoms with Crippen LogP contribution in [0.1, 0.15) is 45.6 Å². The Morgan fingerprint density at radius 2 is 1.97 bits per heavy atom. The number of rotatable bonds is 8. The third-order valence-electron chi connectivity index (χ3n) is 7.31. The van der Waals surface area contributed by atoms with Gasteiger partial charge in [-0.15, -0.1) is 0 Å². The predicted molar refractivity (Wildman–Crippen MR) is 123 cm³/mol. The molecule has 1 aromatic carbocycles. The van der Waals surface area contributed by atoms with Crippen LogP contribution in [0.15, 0.2) is 41.7 Å². The van der Waals surface area contributed by atoms with E-state index in [1.807, 2.05) is 18.2 Å². The summed E-state index contributed by atoms with van der Waals surface area (Å²) in [7, 11) is 0. The minimum Gasteiger partial charge on any atom is -0.492 e. The highest BCUT2D eigenvalue weighted by Crippen LogP contribution is 2.54. The van der Waals surface area contributed by atoms with E-state index in [-0.39, 0.29) is 37.3 Å². The second kappa shape index (κ2) is 8.85. The van der Waals surface area contributed by atoms with Crippen molar-refractivity contribution in [1.82, 2.24) is 4.90 Å². The molecular formula is C26H33FN2O4. The molecule has 0 bridgehead atoms. The second-order valence-electron chi connectivity index (χ2n) is 9.62. The number of carbonyl (C=O) groups excluding carboxylic acids is 1. The van der Waals surface area contributed by atoms with Gasteiger partial charge in [0.1, 0.15) is 42.6 Å². The number of allylic oxidation sites excluding steroid dienone is 1. The SMILES string of the molecule is CCCN(CCCCN1C(=O)C2(COC3=CC4OCOC4C=C32)c2cccc(F)c21)C(C)C. The summed E-state index contributed by atoms with van der Waals surface area (Å²) < 4.78 is 32.4. The summed E-state index contributed by atoms with van der Waals surface area (Å²) in [5.41, 5.74) is 0.844. The van der Waals surface area contributed by atoms with Gasteiger partial charge in [0.25, 0.3) is 0 Å². The summed E-state index contributed by atoms with van der Waals surface area (Å²) >= 11 is 0. The first-order valence-electron chi connectivity index (χ1n) is 12.1. The Morgan fingerprint density at radius 3 is 2.73 bits per heavy atom. The van der Waals surface area contributed by atoms with E-state index in [0.717, 1.165) is 37.9 Å². The van der Waals surface area contributed by atoms with Gasteiger partial charge in [-0.3, -0.25) is 4.79 Å². The molecule has 0 aromatic heterocycles. The van der Waals surface area contributed by atoms with Gasteiger partial charge in [-0.25, -0.2) is 4.39 Å². The fourth-order valence-corrected chi connectivity index (χ4v) is 5.59. The molecule has 178 valence electrons. The quantitative estimate of drug-likeness (QED) is 0.556. The summed E-state index contributed by atoms with van der Waals surface area (Å²) in [4.78, 5) is 18.1. The fraction of sp³-hybridized carbons (Fsp3) is 0.577. The zero-order chi connectivity index (χ0) is 23.2. The van der Waals surface area contributed by atoms with Crippen molar-refractivity contribution in [1.29, 1.82) is 0 Å². The highest BCUT2D eigenvalue weighted by atomic mass is 19.1. The van der Waals surface area contributed by atoms with E-state index in [1.165, 1.54) is 6.07 Å². The maximum Gasteiger partial charge on any atom is 0.245 e. The Hall–Kier alpha value is -2.22. The van der Waals surface area contributed by atoms with Crippen LogP contribution in [0.2, 0.25) is 0 Å². The van der Waals surface area contributed by atoms with Crippen molar-refractivity contribution in [3.63, 3.8) is 0 Å². The van der Waals surface area contributed by atoms with Crippen molar-refractivity contribution < 1.29 is 23.4 Å². The molecule has 2 saturated heterocycles. The van der Waals surface area contributed by atoms with Crippen molar-refractivity contribution in [2.75, 3.05) is 37.9 Å². The number of amides is 1. The third-order valence-corrected chi connectivity index (χ3v) is 7.31. The Morgan fingerprint density at radius 1 is 1.18 bits per heavy atom. The van der Waals surface area contributed by atoms with Crippen molar-refractivity contribution in [2.24, 2.45) is 0 Å². The average molecular weight is 457 g/mol. The second-order valence-corrected chi connectivity index (χ2v) is 9.62. The molecule has 2 fully saturated rings. The lowest BCUT2D eigenvalue weighted by molar-refractivity contribution is -0.122. The van der Waals surface area contributed by atoms with Crippen LogP contribution in [0, 0.1) is 5.82 Å². The number of unbranched alkanes of at least 4 members (excludes halogenated alkanes) is 1. The molecule has 6 nitrogen and oxygen atoms in total. The maximum absolute atomic E-state index is 15.1. The topological polar surface area (TPSA) is 51.2 Å². The summed E-state index contributed by atoms with van der Waals surface area (Å²) in [6.07, 6.45) is 6.27. The van der Waals surface area contributed by atoms with Gasteiger partial charge in [0.2, 0.25) is 5.91 Å². The molecule has 4 aliphatic rings. The molecule has 0 radical (unpaired) electrons. The molecule has 1 aromatic rings. The molecule has 7 heteroatoms. The number of carbonyl (C=O) groups is 1. The highest BCUT2D eigenvalue weighted by Gasteiger charge is 2.60. The maximum atomic E-state index is 15.1. The first-order valence-corrected chi connectivity index (χ1v) is 12.1. The molecule has 0 saturated carbocycles. The van der Waals surface area contributed by atoms with Gasteiger partial charge in [0.15, 0.2) is 0 Å². The van der Waals surface area contributed by atoms with E-state index < -0.39 is 5.41 Å². The number of hydrogen-bond acceptors (Lipinski definition) is 5. The zero-order valence-corrected chi connectivity index (χ0v) is 19.7. The smallest absolute Gasteiger partial charge is 0.245 e. The first kappa shape index (κ1) is 22.6. The molecule has 1 spiro atoms. The van der Waals surface area contributed by atoms with E-state index >= 15 is 4.39 Å². The van der Waals surface area contributed by atoms with E-state index in [9.17, 15) is 4.79 Å². The minimum absolute atomic E-state index is 0.108. The van der Waals surface area contributed by atoms with Gasteiger partial charge in [0.05, 0.1) is 5.69 Å². The number of fused-ring (bicyclic) bond motifs is 5. The van der Waals surface area contributed by atoms with Crippen LogP contribution >= 0.6 is 0 Å². The molecule has 0 N–H and O–H groups in total. The Labute approximate surface area is 195 Å². The molecule has 33 heavy (non-hydrogen) atoms. The summed E-state index contributed by atoms with van der Waals surface area (Å²) in [6.45, 7) is 9.53. The van der Waals surface area contributed by atoms with Gasteiger partial charge >= 0.3 is 0 Å². The molecule has 5 rings (SSSR count). The van der Waals surface area contributed by atoms with E-state index in [0.29, 0.717) is 29.6 Å². The third kappa shape index (κ3) is 3.61. The van der Waals surface area contributed by atoms with Crippen LogP contribution < -0.4 is 4.90 Å². The molecule has 3 unspecified atom stereocenters. The van der Waals surface area contributed by atoms with Gasteiger partial charge in [-0.1, -0.05) is 19.1 Å². The van der Waals surface area contributed by atoms with Crippen LogP contribution in [0.3, 0.4) is 0 Å². The molecular weight excluding hydrogens is 423 g/mol. The Kier molecular flexibility index (Phi) is 6.05. The normalized spacial score (nSPS) is 27.7. The van der Waals surface area contributed by atoms with Gasteiger partial charge < -0.3 is 24.0 Å².